The van der Waals surface area contributed by atoms with Gasteiger partial charge in [-0.1, -0.05) is 27.7 Å². The maximum absolute atomic E-state index is 5.15. The number of thiazole rings is 1. The molecule has 0 aromatic carbocycles. The van der Waals surface area contributed by atoms with Gasteiger partial charge in [0.2, 0.25) is 0 Å². The molecule has 1 aromatic rings. The number of aromatic nitrogens is 1. The van der Waals surface area contributed by atoms with Gasteiger partial charge in [0.05, 0.1) is 12.3 Å². The summed E-state index contributed by atoms with van der Waals surface area (Å²) in [6.07, 6.45) is 1.13. The number of likely N-dealkylation sites (N-methyl/N-ethyl adjacent to an activating group) is 1. The van der Waals surface area contributed by atoms with Crippen LogP contribution in [-0.2, 0) is 11.3 Å². The van der Waals surface area contributed by atoms with Gasteiger partial charge in [0.15, 0.2) is 5.13 Å². The molecule has 5 heteroatoms. The van der Waals surface area contributed by atoms with Gasteiger partial charge in [-0.3, -0.25) is 0 Å². The summed E-state index contributed by atoms with van der Waals surface area (Å²) in [4.78, 5) is 8.45. The molecule has 0 saturated carbocycles. The molecular weight excluding hydrogens is 282 g/mol. The Labute approximate surface area is 133 Å². The van der Waals surface area contributed by atoms with Crippen LogP contribution >= 0.6 is 11.3 Å². The lowest BCUT2D eigenvalue weighted by atomic mass is 10.0. The van der Waals surface area contributed by atoms with Gasteiger partial charge in [-0.15, -0.1) is 11.3 Å². The SMILES string of the molecule is CCC(C)c1nc(N(C)CCOC)sc1CNCC(C)C. The third kappa shape index (κ3) is 5.93. The largest absolute Gasteiger partial charge is 0.383 e. The van der Waals surface area contributed by atoms with E-state index in [-0.39, 0.29) is 0 Å². The molecule has 1 N–H and O–H groups in total. The van der Waals surface area contributed by atoms with E-state index in [1.807, 2.05) is 11.3 Å². The smallest absolute Gasteiger partial charge is 0.185 e. The van der Waals surface area contributed by atoms with Crippen LogP contribution in [0.25, 0.3) is 0 Å². The maximum Gasteiger partial charge on any atom is 0.185 e. The van der Waals surface area contributed by atoms with Crippen LogP contribution in [0.4, 0.5) is 5.13 Å². The summed E-state index contributed by atoms with van der Waals surface area (Å²) in [6, 6.07) is 0. The molecule has 0 aliphatic rings. The Morgan fingerprint density at radius 2 is 2.05 bits per heavy atom. The van der Waals surface area contributed by atoms with E-state index in [2.05, 4.69) is 45.0 Å². The molecule has 122 valence electrons. The first kappa shape index (κ1) is 18.4. The molecule has 0 saturated heterocycles. The Bertz CT molecular complexity index is 406. The Balaban J connectivity index is 2.80. The fourth-order valence-corrected chi connectivity index (χ4v) is 3.15. The predicted molar refractivity (Wildman–Crippen MR) is 92.5 cm³/mol. The highest BCUT2D eigenvalue weighted by Gasteiger charge is 2.17. The van der Waals surface area contributed by atoms with Crippen molar-refractivity contribution in [3.8, 4) is 0 Å². The number of hydrogen-bond acceptors (Lipinski definition) is 5. The minimum atomic E-state index is 0.515. The standard InChI is InChI=1S/C16H31N3OS/c1-7-13(4)15-14(11-17-10-12(2)3)21-16(18-15)19(5)8-9-20-6/h12-13,17H,7-11H2,1-6H3. The lowest BCUT2D eigenvalue weighted by Gasteiger charge is -2.14. The Kier molecular flexibility index (Phi) is 8.22. The summed E-state index contributed by atoms with van der Waals surface area (Å²) >= 11 is 1.81. The zero-order valence-corrected chi connectivity index (χ0v) is 15.2. The lowest BCUT2D eigenvalue weighted by molar-refractivity contribution is 0.206. The molecule has 0 fully saturated rings. The molecule has 4 nitrogen and oxygen atoms in total. The fourth-order valence-electron chi connectivity index (χ4n) is 2.02. The fraction of sp³-hybridized carbons (Fsp3) is 0.812. The molecule has 1 rings (SSSR count). The van der Waals surface area contributed by atoms with Crippen LogP contribution in [0.2, 0.25) is 0 Å². The van der Waals surface area contributed by atoms with Crippen molar-refractivity contribution in [3.05, 3.63) is 10.6 Å². The number of nitrogens with zero attached hydrogens (tertiary/aromatic N) is 2. The van der Waals surface area contributed by atoms with E-state index in [1.165, 1.54) is 10.6 Å². The Morgan fingerprint density at radius 3 is 2.62 bits per heavy atom. The summed E-state index contributed by atoms with van der Waals surface area (Å²) in [5, 5.41) is 4.64. The second-order valence-electron chi connectivity index (χ2n) is 6.05. The molecule has 0 aliphatic carbocycles. The summed E-state index contributed by atoms with van der Waals surface area (Å²) in [5.41, 5.74) is 1.26. The second-order valence-corrected chi connectivity index (χ2v) is 7.12. The van der Waals surface area contributed by atoms with Crippen LogP contribution in [0, 0.1) is 5.92 Å². The maximum atomic E-state index is 5.15. The van der Waals surface area contributed by atoms with Crippen molar-refractivity contribution in [3.63, 3.8) is 0 Å². The van der Waals surface area contributed by atoms with E-state index >= 15 is 0 Å². The molecule has 0 spiro atoms. The normalized spacial score (nSPS) is 12.9. The molecule has 0 bridgehead atoms. The molecule has 1 aromatic heterocycles. The van der Waals surface area contributed by atoms with Crippen LogP contribution in [-0.4, -0.2) is 38.8 Å². The molecule has 1 heterocycles. The highest BCUT2D eigenvalue weighted by atomic mass is 32.1. The van der Waals surface area contributed by atoms with Crippen molar-refractivity contribution in [1.29, 1.82) is 0 Å². The van der Waals surface area contributed by atoms with Crippen molar-refractivity contribution >= 4 is 16.5 Å². The van der Waals surface area contributed by atoms with Gasteiger partial charge >= 0.3 is 0 Å². The first-order valence-corrected chi connectivity index (χ1v) is 8.71. The summed E-state index contributed by atoms with van der Waals surface area (Å²) in [5.74, 6) is 1.19. The summed E-state index contributed by atoms with van der Waals surface area (Å²) in [6.45, 7) is 12.5. The highest BCUT2D eigenvalue weighted by Crippen LogP contribution is 2.31. The van der Waals surface area contributed by atoms with Gasteiger partial charge in [0, 0.05) is 32.1 Å². The average molecular weight is 314 g/mol. The van der Waals surface area contributed by atoms with E-state index in [9.17, 15) is 0 Å². The van der Waals surface area contributed by atoms with Gasteiger partial charge in [-0.05, 0) is 24.8 Å². The third-order valence-corrected chi connectivity index (χ3v) is 4.78. The Hall–Kier alpha value is -0.650. The van der Waals surface area contributed by atoms with Crippen molar-refractivity contribution in [1.82, 2.24) is 10.3 Å². The first-order valence-electron chi connectivity index (χ1n) is 7.89. The average Bonchev–Trinajstić information content (AvgIpc) is 2.87. The number of ether oxygens (including phenoxy) is 1. The number of hydrogen-bond donors (Lipinski definition) is 1. The summed E-state index contributed by atoms with van der Waals surface area (Å²) in [7, 11) is 3.82. The molecule has 1 unspecified atom stereocenters. The van der Waals surface area contributed by atoms with Crippen molar-refractivity contribution in [2.24, 2.45) is 5.92 Å². The van der Waals surface area contributed by atoms with Gasteiger partial charge in [0.1, 0.15) is 0 Å². The second kappa shape index (κ2) is 9.38. The molecular formula is C16H31N3OS. The van der Waals surface area contributed by atoms with Gasteiger partial charge < -0.3 is 15.0 Å². The van der Waals surface area contributed by atoms with Gasteiger partial charge in [-0.25, -0.2) is 4.98 Å². The molecule has 0 amide bonds. The van der Waals surface area contributed by atoms with E-state index < -0.39 is 0 Å². The van der Waals surface area contributed by atoms with Crippen LogP contribution < -0.4 is 10.2 Å². The first-order chi connectivity index (χ1) is 9.99. The van der Waals surface area contributed by atoms with E-state index in [0.29, 0.717) is 11.8 Å². The molecule has 1 atom stereocenters. The van der Waals surface area contributed by atoms with E-state index in [4.69, 9.17) is 9.72 Å². The van der Waals surface area contributed by atoms with Crippen molar-refractivity contribution < 1.29 is 4.74 Å². The van der Waals surface area contributed by atoms with Crippen molar-refractivity contribution in [2.75, 3.05) is 38.8 Å². The predicted octanol–water partition coefficient (Wildman–Crippen LogP) is 3.48. The van der Waals surface area contributed by atoms with Crippen LogP contribution in [0.15, 0.2) is 0 Å². The third-order valence-electron chi connectivity index (χ3n) is 3.59. The zero-order valence-electron chi connectivity index (χ0n) is 14.4. The number of methoxy groups -OCH3 is 1. The quantitative estimate of drug-likeness (QED) is 0.717. The Morgan fingerprint density at radius 1 is 1.33 bits per heavy atom. The van der Waals surface area contributed by atoms with Crippen LogP contribution in [0.1, 0.15) is 50.6 Å². The molecule has 21 heavy (non-hydrogen) atoms. The van der Waals surface area contributed by atoms with E-state index in [1.54, 1.807) is 7.11 Å². The molecule has 0 aliphatic heterocycles. The molecule has 0 radical (unpaired) electrons. The van der Waals surface area contributed by atoms with E-state index in [0.717, 1.165) is 37.8 Å². The van der Waals surface area contributed by atoms with Crippen LogP contribution in [0.5, 0.6) is 0 Å². The number of nitrogens with one attached hydrogen (secondary N) is 1. The lowest BCUT2D eigenvalue weighted by Crippen LogP contribution is -2.21. The number of rotatable bonds is 10. The van der Waals surface area contributed by atoms with Crippen LogP contribution in [0.3, 0.4) is 0 Å². The zero-order chi connectivity index (χ0) is 15.8. The van der Waals surface area contributed by atoms with Gasteiger partial charge in [0.25, 0.3) is 0 Å². The van der Waals surface area contributed by atoms with Gasteiger partial charge in [-0.2, -0.15) is 0 Å². The minimum absolute atomic E-state index is 0.515. The monoisotopic (exact) mass is 313 g/mol. The highest BCUT2D eigenvalue weighted by molar-refractivity contribution is 7.15. The topological polar surface area (TPSA) is 37.4 Å². The number of anilines is 1. The van der Waals surface area contributed by atoms with Crippen molar-refractivity contribution in [2.45, 2.75) is 46.6 Å². The minimum Gasteiger partial charge on any atom is -0.383 e. The summed E-state index contributed by atoms with van der Waals surface area (Å²) < 4.78 is 5.15.